The van der Waals surface area contributed by atoms with E-state index in [2.05, 4.69) is 50.9 Å². The average Bonchev–Trinajstić information content (AvgIpc) is 2.41. The van der Waals surface area contributed by atoms with Crippen LogP contribution in [0.25, 0.3) is 0 Å². The molecule has 3 unspecified atom stereocenters. The maximum Gasteiger partial charge on any atom is 0.0585 e. The molecule has 1 aliphatic carbocycles. The van der Waals surface area contributed by atoms with Crippen LogP contribution in [0.15, 0.2) is 18.2 Å². The summed E-state index contributed by atoms with van der Waals surface area (Å²) in [4.78, 5) is 2.32. The number of hydrogen-bond acceptors (Lipinski definition) is 2. The van der Waals surface area contributed by atoms with Gasteiger partial charge in [-0.15, -0.1) is 0 Å². The molecule has 2 nitrogen and oxygen atoms in total. The number of rotatable bonds is 5. The largest absolute Gasteiger partial charge is 0.393 e. The van der Waals surface area contributed by atoms with E-state index in [0.717, 1.165) is 18.9 Å². The Morgan fingerprint density at radius 2 is 1.81 bits per heavy atom. The zero-order valence-electron chi connectivity index (χ0n) is 14.1. The SMILES string of the molecule is CCCC1CCC(O)C(CN(C)c2cc(C)cc(C)c2)C1. The van der Waals surface area contributed by atoms with Crippen LogP contribution in [0.1, 0.15) is 50.2 Å². The van der Waals surface area contributed by atoms with E-state index in [-0.39, 0.29) is 6.10 Å². The fourth-order valence-electron chi connectivity index (χ4n) is 3.84. The molecule has 1 aliphatic rings. The Kier molecular flexibility index (Phi) is 5.69. The highest BCUT2D eigenvalue weighted by molar-refractivity contribution is 5.50. The molecule has 21 heavy (non-hydrogen) atoms. The van der Waals surface area contributed by atoms with E-state index in [9.17, 15) is 5.11 Å². The number of benzene rings is 1. The molecule has 2 heteroatoms. The van der Waals surface area contributed by atoms with Crippen molar-refractivity contribution < 1.29 is 5.11 Å². The molecule has 0 amide bonds. The van der Waals surface area contributed by atoms with Crippen molar-refractivity contribution in [1.82, 2.24) is 0 Å². The second kappa shape index (κ2) is 7.31. The predicted molar refractivity (Wildman–Crippen MR) is 90.9 cm³/mol. The number of aliphatic hydroxyl groups excluding tert-OH is 1. The van der Waals surface area contributed by atoms with Crippen molar-refractivity contribution in [3.63, 3.8) is 0 Å². The minimum atomic E-state index is -0.119. The van der Waals surface area contributed by atoms with Gasteiger partial charge in [0.05, 0.1) is 6.10 Å². The Labute approximate surface area is 130 Å². The Balaban J connectivity index is 2.01. The summed E-state index contributed by atoms with van der Waals surface area (Å²) in [6.07, 6.45) is 5.84. The molecule has 0 saturated heterocycles. The zero-order chi connectivity index (χ0) is 15.4. The van der Waals surface area contributed by atoms with Crippen molar-refractivity contribution >= 4 is 5.69 Å². The van der Waals surface area contributed by atoms with Gasteiger partial charge in [-0.2, -0.15) is 0 Å². The number of anilines is 1. The Morgan fingerprint density at radius 3 is 2.43 bits per heavy atom. The molecular weight excluding hydrogens is 258 g/mol. The molecule has 1 aromatic rings. The van der Waals surface area contributed by atoms with Crippen molar-refractivity contribution in [2.45, 2.75) is 59.0 Å². The van der Waals surface area contributed by atoms with E-state index in [1.165, 1.54) is 42.5 Å². The summed E-state index contributed by atoms with van der Waals surface area (Å²) in [5.74, 6) is 1.23. The van der Waals surface area contributed by atoms with E-state index in [4.69, 9.17) is 0 Å². The highest BCUT2D eigenvalue weighted by Crippen LogP contribution is 2.33. The van der Waals surface area contributed by atoms with Crippen molar-refractivity contribution in [2.75, 3.05) is 18.5 Å². The second-order valence-corrected chi connectivity index (χ2v) is 7.02. The first-order valence-electron chi connectivity index (χ1n) is 8.47. The van der Waals surface area contributed by atoms with Crippen molar-refractivity contribution in [3.05, 3.63) is 29.3 Å². The molecule has 1 aromatic carbocycles. The summed E-state index contributed by atoms with van der Waals surface area (Å²) in [6.45, 7) is 7.53. The summed E-state index contributed by atoms with van der Waals surface area (Å²) in [7, 11) is 2.16. The third kappa shape index (κ3) is 4.47. The van der Waals surface area contributed by atoms with Gasteiger partial charge in [-0.1, -0.05) is 25.8 Å². The first-order valence-corrected chi connectivity index (χ1v) is 8.47. The van der Waals surface area contributed by atoms with Crippen LogP contribution in [0, 0.1) is 25.7 Å². The van der Waals surface area contributed by atoms with Gasteiger partial charge >= 0.3 is 0 Å². The van der Waals surface area contributed by atoms with E-state index in [0.29, 0.717) is 5.92 Å². The highest BCUT2D eigenvalue weighted by Gasteiger charge is 2.29. The monoisotopic (exact) mass is 289 g/mol. The van der Waals surface area contributed by atoms with Crippen LogP contribution in [-0.2, 0) is 0 Å². The normalized spacial score (nSPS) is 25.9. The van der Waals surface area contributed by atoms with Crippen LogP contribution in [0.3, 0.4) is 0 Å². The third-order valence-corrected chi connectivity index (χ3v) is 4.90. The summed E-state index contributed by atoms with van der Waals surface area (Å²) in [5, 5.41) is 10.3. The van der Waals surface area contributed by atoms with Gasteiger partial charge in [0, 0.05) is 25.2 Å². The van der Waals surface area contributed by atoms with Gasteiger partial charge in [0.1, 0.15) is 0 Å². The Morgan fingerprint density at radius 1 is 1.14 bits per heavy atom. The van der Waals surface area contributed by atoms with E-state index >= 15 is 0 Å². The first-order chi connectivity index (χ1) is 9.99. The van der Waals surface area contributed by atoms with Crippen LogP contribution >= 0.6 is 0 Å². The molecule has 0 bridgehead atoms. The number of hydrogen-bond donors (Lipinski definition) is 1. The standard InChI is InChI=1S/C19H31NO/c1-5-6-16-7-8-19(21)17(12-16)13-20(4)18-10-14(2)9-15(3)11-18/h9-11,16-17,19,21H,5-8,12-13H2,1-4H3. The fraction of sp³-hybridized carbons (Fsp3) is 0.684. The molecular formula is C19H31NO. The second-order valence-electron chi connectivity index (χ2n) is 7.02. The summed E-state index contributed by atoms with van der Waals surface area (Å²) in [5.41, 5.74) is 3.90. The summed E-state index contributed by atoms with van der Waals surface area (Å²) in [6, 6.07) is 6.70. The molecule has 1 saturated carbocycles. The van der Waals surface area contributed by atoms with Gasteiger partial charge in [-0.25, -0.2) is 0 Å². The van der Waals surface area contributed by atoms with Gasteiger partial charge in [-0.3, -0.25) is 0 Å². The molecule has 3 atom stereocenters. The first kappa shape index (κ1) is 16.4. The predicted octanol–water partition coefficient (Wildman–Crippen LogP) is 4.32. The van der Waals surface area contributed by atoms with Gasteiger partial charge in [0.15, 0.2) is 0 Å². The van der Waals surface area contributed by atoms with Crippen LogP contribution in [-0.4, -0.2) is 24.8 Å². The molecule has 118 valence electrons. The lowest BCUT2D eigenvalue weighted by molar-refractivity contribution is 0.0499. The maximum absolute atomic E-state index is 10.3. The molecule has 0 heterocycles. The van der Waals surface area contributed by atoms with Gasteiger partial charge in [-0.05, 0) is 62.3 Å². The lowest BCUT2D eigenvalue weighted by atomic mass is 9.77. The minimum absolute atomic E-state index is 0.119. The minimum Gasteiger partial charge on any atom is -0.393 e. The van der Waals surface area contributed by atoms with Crippen molar-refractivity contribution in [1.29, 1.82) is 0 Å². The lowest BCUT2D eigenvalue weighted by Gasteiger charge is -2.36. The molecule has 0 radical (unpaired) electrons. The third-order valence-electron chi connectivity index (χ3n) is 4.90. The average molecular weight is 289 g/mol. The number of aliphatic hydroxyl groups is 1. The van der Waals surface area contributed by atoms with Gasteiger partial charge in [0.2, 0.25) is 0 Å². The Bertz CT molecular complexity index is 437. The fourth-order valence-corrected chi connectivity index (χ4v) is 3.84. The van der Waals surface area contributed by atoms with Crippen molar-refractivity contribution in [2.24, 2.45) is 11.8 Å². The molecule has 0 aliphatic heterocycles. The van der Waals surface area contributed by atoms with Gasteiger partial charge in [0.25, 0.3) is 0 Å². The van der Waals surface area contributed by atoms with Crippen LogP contribution in [0.4, 0.5) is 5.69 Å². The highest BCUT2D eigenvalue weighted by atomic mass is 16.3. The lowest BCUT2D eigenvalue weighted by Crippen LogP contribution is -2.37. The zero-order valence-corrected chi connectivity index (χ0v) is 14.1. The molecule has 2 rings (SSSR count). The van der Waals surface area contributed by atoms with E-state index in [1.807, 2.05) is 0 Å². The molecule has 0 spiro atoms. The summed E-state index contributed by atoms with van der Waals surface area (Å²) >= 11 is 0. The van der Waals surface area contributed by atoms with Gasteiger partial charge < -0.3 is 10.0 Å². The van der Waals surface area contributed by atoms with Crippen molar-refractivity contribution in [3.8, 4) is 0 Å². The van der Waals surface area contributed by atoms with E-state index in [1.54, 1.807) is 0 Å². The van der Waals surface area contributed by atoms with Crippen LogP contribution in [0.2, 0.25) is 0 Å². The maximum atomic E-state index is 10.3. The van der Waals surface area contributed by atoms with Crippen LogP contribution < -0.4 is 4.90 Å². The Hall–Kier alpha value is -1.02. The summed E-state index contributed by atoms with van der Waals surface area (Å²) < 4.78 is 0. The topological polar surface area (TPSA) is 23.5 Å². The molecule has 0 aromatic heterocycles. The van der Waals surface area contributed by atoms with Crippen LogP contribution in [0.5, 0.6) is 0 Å². The number of nitrogens with zero attached hydrogens (tertiary/aromatic N) is 1. The molecule has 1 fully saturated rings. The smallest absolute Gasteiger partial charge is 0.0585 e. The quantitative estimate of drug-likeness (QED) is 0.872. The van der Waals surface area contributed by atoms with E-state index < -0.39 is 0 Å². The molecule has 1 N–H and O–H groups in total. The number of aryl methyl sites for hydroxylation is 2.